The van der Waals surface area contributed by atoms with Gasteiger partial charge in [0.2, 0.25) is 0 Å². The van der Waals surface area contributed by atoms with Gasteiger partial charge in [-0.15, -0.1) is 0 Å². The monoisotopic (exact) mass is 296 g/mol. The minimum Gasteiger partial charge on any atom is -0.478 e. The summed E-state index contributed by atoms with van der Waals surface area (Å²) < 4.78 is 0. The maximum absolute atomic E-state index is 10.8. The van der Waals surface area contributed by atoms with Crippen LogP contribution in [-0.4, -0.2) is 16.8 Å². The Morgan fingerprint density at radius 2 is 1.59 bits per heavy atom. The third-order valence-electron chi connectivity index (χ3n) is 3.52. The largest absolute Gasteiger partial charge is 0.478 e. The average Bonchev–Trinajstić information content (AvgIpc) is 2.44. The highest BCUT2D eigenvalue weighted by Gasteiger charge is 2.07. The van der Waals surface area contributed by atoms with Crippen molar-refractivity contribution in [3.63, 3.8) is 0 Å². The number of hydrogen-bond acceptors (Lipinski definition) is 3. The molecule has 4 nitrogen and oxygen atoms in total. The summed E-state index contributed by atoms with van der Waals surface area (Å²) in [5.41, 5.74) is 9.66. The second-order valence-corrected chi connectivity index (χ2v) is 5.47. The number of carbonyl (C=O) groups is 1. The van der Waals surface area contributed by atoms with Crippen molar-refractivity contribution in [2.45, 2.75) is 27.7 Å². The summed E-state index contributed by atoms with van der Waals surface area (Å²) in [4.78, 5) is 10.8. The molecule has 0 saturated carbocycles. The fourth-order valence-corrected chi connectivity index (χ4v) is 2.64. The second-order valence-electron chi connectivity index (χ2n) is 5.47. The normalized spacial score (nSPS) is 11.4. The first kappa shape index (κ1) is 15.8. The van der Waals surface area contributed by atoms with Crippen molar-refractivity contribution in [3.05, 3.63) is 64.2 Å². The van der Waals surface area contributed by atoms with Gasteiger partial charge < -0.3 is 5.11 Å². The van der Waals surface area contributed by atoms with E-state index >= 15 is 0 Å². The summed E-state index contributed by atoms with van der Waals surface area (Å²) in [6.07, 6.45) is 0. The van der Waals surface area contributed by atoms with E-state index in [0.717, 1.165) is 17.0 Å². The van der Waals surface area contributed by atoms with Gasteiger partial charge in [-0.1, -0.05) is 17.7 Å². The topological polar surface area (TPSA) is 61.7 Å². The minimum absolute atomic E-state index is 0.261. The SMILES string of the molecule is C/C(=N/Nc1ccc(C(=O)O)cc1)c1c(C)cc(C)cc1C. The van der Waals surface area contributed by atoms with Crippen LogP contribution in [0, 0.1) is 20.8 Å². The number of rotatable bonds is 4. The average molecular weight is 296 g/mol. The highest BCUT2D eigenvalue weighted by molar-refractivity contribution is 6.01. The molecule has 0 spiro atoms. The molecule has 0 aliphatic heterocycles. The van der Waals surface area contributed by atoms with Crippen LogP contribution < -0.4 is 5.43 Å². The first-order chi connectivity index (χ1) is 10.4. The van der Waals surface area contributed by atoms with Crippen LogP contribution >= 0.6 is 0 Å². The Balaban J connectivity index is 2.21. The van der Waals surface area contributed by atoms with E-state index in [1.807, 2.05) is 6.92 Å². The third-order valence-corrected chi connectivity index (χ3v) is 3.52. The third kappa shape index (κ3) is 3.52. The van der Waals surface area contributed by atoms with Gasteiger partial charge in [0.15, 0.2) is 0 Å². The Morgan fingerprint density at radius 3 is 2.09 bits per heavy atom. The van der Waals surface area contributed by atoms with Crippen LogP contribution in [0.2, 0.25) is 0 Å². The maximum atomic E-state index is 10.8. The molecule has 0 amide bonds. The van der Waals surface area contributed by atoms with Crippen molar-refractivity contribution in [1.29, 1.82) is 0 Å². The lowest BCUT2D eigenvalue weighted by molar-refractivity contribution is 0.0697. The Labute approximate surface area is 130 Å². The molecule has 0 saturated heterocycles. The number of benzene rings is 2. The number of anilines is 1. The fourth-order valence-electron chi connectivity index (χ4n) is 2.64. The van der Waals surface area contributed by atoms with Crippen molar-refractivity contribution in [1.82, 2.24) is 0 Å². The zero-order valence-electron chi connectivity index (χ0n) is 13.3. The number of nitrogens with one attached hydrogen (secondary N) is 1. The molecule has 4 heteroatoms. The standard InChI is InChI=1S/C18H20N2O2/c1-11-9-12(2)17(13(3)10-11)14(4)19-20-16-7-5-15(6-8-16)18(21)22/h5-10,20H,1-4H3,(H,21,22)/b19-14-. The van der Waals surface area contributed by atoms with Gasteiger partial charge >= 0.3 is 5.97 Å². The van der Waals surface area contributed by atoms with Gasteiger partial charge in [0.1, 0.15) is 0 Å². The van der Waals surface area contributed by atoms with Crippen molar-refractivity contribution in [2.75, 3.05) is 5.43 Å². The van der Waals surface area contributed by atoms with E-state index < -0.39 is 5.97 Å². The number of aryl methyl sites for hydroxylation is 3. The van der Waals surface area contributed by atoms with E-state index in [1.54, 1.807) is 24.3 Å². The molecule has 2 N–H and O–H groups in total. The Hall–Kier alpha value is -2.62. The van der Waals surface area contributed by atoms with Crippen molar-refractivity contribution >= 4 is 17.4 Å². The molecular weight excluding hydrogens is 276 g/mol. The number of carboxylic acids is 1. The summed E-state index contributed by atoms with van der Waals surface area (Å²) in [6, 6.07) is 10.8. The number of hydrogen-bond donors (Lipinski definition) is 2. The zero-order chi connectivity index (χ0) is 16.3. The van der Waals surface area contributed by atoms with Crippen LogP contribution in [0.1, 0.15) is 39.5 Å². The van der Waals surface area contributed by atoms with Crippen LogP contribution in [0.25, 0.3) is 0 Å². The molecule has 0 heterocycles. The lowest BCUT2D eigenvalue weighted by atomic mass is 9.97. The van der Waals surface area contributed by atoms with Gasteiger partial charge in [-0.25, -0.2) is 4.79 Å². The van der Waals surface area contributed by atoms with Gasteiger partial charge in [-0.2, -0.15) is 5.10 Å². The minimum atomic E-state index is -0.933. The van der Waals surface area contributed by atoms with Gasteiger partial charge in [0, 0.05) is 5.56 Å². The van der Waals surface area contributed by atoms with E-state index in [4.69, 9.17) is 5.11 Å². The van der Waals surface area contributed by atoms with Gasteiger partial charge in [0.25, 0.3) is 0 Å². The fraction of sp³-hybridized carbons (Fsp3) is 0.222. The molecule has 0 aliphatic rings. The summed E-state index contributed by atoms with van der Waals surface area (Å²) in [6.45, 7) is 8.20. The first-order valence-corrected chi connectivity index (χ1v) is 7.10. The Bertz CT molecular complexity index is 708. The smallest absolute Gasteiger partial charge is 0.335 e. The number of nitrogens with zero attached hydrogens (tertiary/aromatic N) is 1. The van der Waals surface area contributed by atoms with Crippen molar-refractivity contribution < 1.29 is 9.90 Å². The number of aromatic carboxylic acids is 1. The van der Waals surface area contributed by atoms with Gasteiger partial charge in [-0.3, -0.25) is 5.43 Å². The van der Waals surface area contributed by atoms with E-state index in [-0.39, 0.29) is 5.56 Å². The van der Waals surface area contributed by atoms with Gasteiger partial charge in [-0.05, 0) is 63.1 Å². The highest BCUT2D eigenvalue weighted by atomic mass is 16.4. The van der Waals surface area contributed by atoms with Crippen molar-refractivity contribution in [3.8, 4) is 0 Å². The summed E-state index contributed by atoms with van der Waals surface area (Å²) in [7, 11) is 0. The predicted molar refractivity (Wildman–Crippen MR) is 89.9 cm³/mol. The molecule has 114 valence electrons. The first-order valence-electron chi connectivity index (χ1n) is 7.10. The van der Waals surface area contributed by atoms with Crippen molar-refractivity contribution in [2.24, 2.45) is 5.10 Å². The molecule has 22 heavy (non-hydrogen) atoms. The van der Waals surface area contributed by atoms with Gasteiger partial charge in [0.05, 0.1) is 17.0 Å². The van der Waals surface area contributed by atoms with E-state index in [9.17, 15) is 4.79 Å². The Morgan fingerprint density at radius 1 is 1.05 bits per heavy atom. The summed E-state index contributed by atoms with van der Waals surface area (Å²) >= 11 is 0. The summed E-state index contributed by atoms with van der Waals surface area (Å²) in [5, 5.41) is 13.3. The molecule has 0 unspecified atom stereocenters. The van der Waals surface area contributed by atoms with Crippen LogP contribution in [0.5, 0.6) is 0 Å². The predicted octanol–water partition coefficient (Wildman–Crippen LogP) is 4.15. The number of carboxylic acid groups (broad SMARTS) is 1. The quantitative estimate of drug-likeness (QED) is 0.658. The molecule has 2 rings (SSSR count). The Kier molecular flexibility index (Phi) is 4.61. The van der Waals surface area contributed by atoms with Crippen LogP contribution in [0.15, 0.2) is 41.5 Å². The summed E-state index contributed by atoms with van der Waals surface area (Å²) in [5.74, 6) is -0.933. The number of hydrazone groups is 1. The molecule has 0 aromatic heterocycles. The molecule has 2 aromatic carbocycles. The molecule has 0 bridgehead atoms. The van der Waals surface area contributed by atoms with E-state index in [1.165, 1.54) is 16.7 Å². The molecule has 0 aliphatic carbocycles. The van der Waals surface area contributed by atoms with E-state index in [2.05, 4.69) is 43.4 Å². The second kappa shape index (κ2) is 6.43. The molecule has 0 radical (unpaired) electrons. The van der Waals surface area contributed by atoms with Crippen LogP contribution in [0.4, 0.5) is 5.69 Å². The molecular formula is C18H20N2O2. The molecule has 0 atom stereocenters. The zero-order valence-corrected chi connectivity index (χ0v) is 13.3. The maximum Gasteiger partial charge on any atom is 0.335 e. The molecule has 0 fully saturated rings. The lowest BCUT2D eigenvalue weighted by Gasteiger charge is -2.11. The highest BCUT2D eigenvalue weighted by Crippen LogP contribution is 2.18. The van der Waals surface area contributed by atoms with E-state index in [0.29, 0.717) is 0 Å². The molecule has 2 aromatic rings. The lowest BCUT2D eigenvalue weighted by Crippen LogP contribution is -2.05. The van der Waals surface area contributed by atoms with Crippen LogP contribution in [0.3, 0.4) is 0 Å². The van der Waals surface area contributed by atoms with Crippen LogP contribution in [-0.2, 0) is 0 Å².